The summed E-state index contributed by atoms with van der Waals surface area (Å²) in [6.07, 6.45) is 2.24. The van der Waals surface area contributed by atoms with Gasteiger partial charge in [0.25, 0.3) is 0 Å². The molecule has 1 aliphatic heterocycles. The number of rotatable bonds is 3. The number of nitriles is 1. The molecule has 1 saturated heterocycles. The first-order valence-corrected chi connectivity index (χ1v) is 6.59. The van der Waals surface area contributed by atoms with Gasteiger partial charge >= 0.3 is 0 Å². The van der Waals surface area contributed by atoms with Crippen LogP contribution in [0.4, 0.5) is 5.82 Å². The molecule has 0 atom stereocenters. The Hall–Kier alpha value is -1.60. The lowest BCUT2D eigenvalue weighted by Gasteiger charge is -2.31. The molecule has 1 N–H and O–H groups in total. The Bertz CT molecular complexity index is 442. The summed E-state index contributed by atoms with van der Waals surface area (Å²) < 4.78 is 0. The molecular formula is C14H20N4. The van der Waals surface area contributed by atoms with Crippen molar-refractivity contribution in [2.45, 2.75) is 32.7 Å². The van der Waals surface area contributed by atoms with Crippen molar-refractivity contribution in [3.8, 4) is 6.07 Å². The molecule has 0 amide bonds. The van der Waals surface area contributed by atoms with Crippen LogP contribution in [0, 0.1) is 18.3 Å². The third-order valence-electron chi connectivity index (χ3n) is 3.53. The predicted molar refractivity (Wildman–Crippen MR) is 72.4 cm³/mol. The molecule has 0 aliphatic carbocycles. The average molecular weight is 244 g/mol. The van der Waals surface area contributed by atoms with Gasteiger partial charge in [0.05, 0.1) is 5.56 Å². The standard InChI is InChI=1S/C14H20N4/c1-3-18-8-6-13(7-9-18)17-14-12(10-15)5-4-11(2)16-14/h4-5,13H,3,6-9H2,1-2H3,(H,16,17). The molecule has 4 heteroatoms. The topological polar surface area (TPSA) is 52.0 Å². The highest BCUT2D eigenvalue weighted by Gasteiger charge is 2.19. The van der Waals surface area contributed by atoms with E-state index in [0.29, 0.717) is 11.6 Å². The van der Waals surface area contributed by atoms with E-state index in [-0.39, 0.29) is 0 Å². The molecule has 2 heterocycles. The van der Waals surface area contributed by atoms with Crippen LogP contribution in [-0.2, 0) is 0 Å². The zero-order valence-corrected chi connectivity index (χ0v) is 11.1. The van der Waals surface area contributed by atoms with Crippen molar-refractivity contribution < 1.29 is 0 Å². The number of anilines is 1. The Morgan fingerprint density at radius 2 is 2.17 bits per heavy atom. The highest BCUT2D eigenvalue weighted by molar-refractivity contribution is 5.52. The molecule has 1 fully saturated rings. The summed E-state index contributed by atoms with van der Waals surface area (Å²) in [5.41, 5.74) is 1.58. The van der Waals surface area contributed by atoms with Crippen molar-refractivity contribution in [2.24, 2.45) is 0 Å². The first-order chi connectivity index (χ1) is 8.72. The minimum absolute atomic E-state index is 0.439. The van der Waals surface area contributed by atoms with Gasteiger partial charge in [0.2, 0.25) is 0 Å². The average Bonchev–Trinajstić information content (AvgIpc) is 2.40. The number of aromatic nitrogens is 1. The fourth-order valence-electron chi connectivity index (χ4n) is 2.34. The van der Waals surface area contributed by atoms with Gasteiger partial charge in [-0.3, -0.25) is 0 Å². The first kappa shape index (κ1) is 12.8. The fourth-order valence-corrected chi connectivity index (χ4v) is 2.34. The van der Waals surface area contributed by atoms with Gasteiger partial charge in [0, 0.05) is 24.8 Å². The number of nitrogens with one attached hydrogen (secondary N) is 1. The maximum absolute atomic E-state index is 9.08. The molecule has 96 valence electrons. The van der Waals surface area contributed by atoms with Crippen molar-refractivity contribution in [1.29, 1.82) is 5.26 Å². The minimum Gasteiger partial charge on any atom is -0.366 e. The highest BCUT2D eigenvalue weighted by atomic mass is 15.1. The van der Waals surface area contributed by atoms with Gasteiger partial charge in [-0.2, -0.15) is 5.26 Å². The first-order valence-electron chi connectivity index (χ1n) is 6.59. The molecule has 0 aromatic carbocycles. The smallest absolute Gasteiger partial charge is 0.144 e. The van der Waals surface area contributed by atoms with E-state index in [1.165, 1.54) is 0 Å². The van der Waals surface area contributed by atoms with E-state index in [9.17, 15) is 0 Å². The van der Waals surface area contributed by atoms with Gasteiger partial charge in [-0.15, -0.1) is 0 Å². The molecule has 18 heavy (non-hydrogen) atoms. The maximum atomic E-state index is 9.08. The van der Waals surface area contributed by atoms with Crippen molar-refractivity contribution in [1.82, 2.24) is 9.88 Å². The van der Waals surface area contributed by atoms with E-state index in [4.69, 9.17) is 5.26 Å². The molecule has 0 radical (unpaired) electrons. The Labute approximate surface area is 109 Å². The van der Waals surface area contributed by atoms with Crippen LogP contribution in [0.1, 0.15) is 31.0 Å². The monoisotopic (exact) mass is 244 g/mol. The number of hydrogen-bond donors (Lipinski definition) is 1. The molecular weight excluding hydrogens is 224 g/mol. The van der Waals surface area contributed by atoms with Gasteiger partial charge in [0.1, 0.15) is 11.9 Å². The predicted octanol–water partition coefficient (Wildman–Crippen LogP) is 2.16. The van der Waals surface area contributed by atoms with Crippen LogP contribution in [0.5, 0.6) is 0 Å². The van der Waals surface area contributed by atoms with Gasteiger partial charge in [-0.05, 0) is 38.4 Å². The summed E-state index contributed by atoms with van der Waals surface area (Å²) in [5, 5.41) is 12.5. The van der Waals surface area contributed by atoms with Gasteiger partial charge in [0.15, 0.2) is 0 Å². The quantitative estimate of drug-likeness (QED) is 0.885. The van der Waals surface area contributed by atoms with E-state index in [1.807, 2.05) is 19.1 Å². The normalized spacial score (nSPS) is 17.4. The molecule has 0 bridgehead atoms. The molecule has 2 rings (SSSR count). The number of pyridine rings is 1. The van der Waals surface area contributed by atoms with E-state index in [2.05, 4.69) is 28.2 Å². The number of likely N-dealkylation sites (tertiary alicyclic amines) is 1. The van der Waals surface area contributed by atoms with E-state index in [0.717, 1.165) is 44.0 Å². The highest BCUT2D eigenvalue weighted by Crippen LogP contribution is 2.18. The zero-order valence-electron chi connectivity index (χ0n) is 11.1. The van der Waals surface area contributed by atoms with Crippen LogP contribution in [0.25, 0.3) is 0 Å². The molecule has 4 nitrogen and oxygen atoms in total. The second-order valence-corrected chi connectivity index (χ2v) is 4.81. The van der Waals surface area contributed by atoms with Crippen molar-refractivity contribution in [2.75, 3.05) is 25.0 Å². The third kappa shape index (κ3) is 2.99. The van der Waals surface area contributed by atoms with Crippen LogP contribution in [0.2, 0.25) is 0 Å². The summed E-state index contributed by atoms with van der Waals surface area (Å²) in [6, 6.07) is 6.35. The summed E-state index contributed by atoms with van der Waals surface area (Å²) in [6.45, 7) is 7.53. The van der Waals surface area contributed by atoms with E-state index < -0.39 is 0 Å². The Kier molecular flexibility index (Phi) is 4.16. The fraction of sp³-hybridized carbons (Fsp3) is 0.571. The number of piperidine rings is 1. The van der Waals surface area contributed by atoms with Crippen LogP contribution in [0.15, 0.2) is 12.1 Å². The zero-order chi connectivity index (χ0) is 13.0. The summed E-state index contributed by atoms with van der Waals surface area (Å²) in [4.78, 5) is 6.88. The molecule has 1 aliphatic rings. The summed E-state index contributed by atoms with van der Waals surface area (Å²) in [7, 11) is 0. The Morgan fingerprint density at radius 3 is 2.78 bits per heavy atom. The molecule has 0 saturated carbocycles. The van der Waals surface area contributed by atoms with E-state index in [1.54, 1.807) is 0 Å². The van der Waals surface area contributed by atoms with Gasteiger partial charge in [-0.1, -0.05) is 6.92 Å². The maximum Gasteiger partial charge on any atom is 0.144 e. The lowest BCUT2D eigenvalue weighted by molar-refractivity contribution is 0.229. The van der Waals surface area contributed by atoms with Crippen molar-refractivity contribution in [3.63, 3.8) is 0 Å². The van der Waals surface area contributed by atoms with Crippen molar-refractivity contribution >= 4 is 5.82 Å². The minimum atomic E-state index is 0.439. The lowest BCUT2D eigenvalue weighted by Crippen LogP contribution is -2.39. The van der Waals surface area contributed by atoms with Crippen LogP contribution in [0.3, 0.4) is 0 Å². The number of hydrogen-bond acceptors (Lipinski definition) is 4. The molecule has 1 aromatic rings. The summed E-state index contributed by atoms with van der Waals surface area (Å²) in [5.74, 6) is 0.743. The van der Waals surface area contributed by atoms with Crippen molar-refractivity contribution in [3.05, 3.63) is 23.4 Å². The van der Waals surface area contributed by atoms with Crippen LogP contribution >= 0.6 is 0 Å². The number of aryl methyl sites for hydroxylation is 1. The SMILES string of the molecule is CCN1CCC(Nc2nc(C)ccc2C#N)CC1. The largest absolute Gasteiger partial charge is 0.366 e. The molecule has 0 spiro atoms. The second-order valence-electron chi connectivity index (χ2n) is 4.81. The molecule has 0 unspecified atom stereocenters. The summed E-state index contributed by atoms with van der Waals surface area (Å²) >= 11 is 0. The van der Waals surface area contributed by atoms with Crippen LogP contribution < -0.4 is 5.32 Å². The molecule has 1 aromatic heterocycles. The van der Waals surface area contributed by atoms with Gasteiger partial charge < -0.3 is 10.2 Å². The van der Waals surface area contributed by atoms with Gasteiger partial charge in [-0.25, -0.2) is 4.98 Å². The Morgan fingerprint density at radius 1 is 1.44 bits per heavy atom. The third-order valence-corrected chi connectivity index (χ3v) is 3.53. The Balaban J connectivity index is 2.02. The van der Waals surface area contributed by atoms with E-state index >= 15 is 0 Å². The van der Waals surface area contributed by atoms with Crippen LogP contribution in [-0.4, -0.2) is 35.6 Å². The second kappa shape index (κ2) is 5.83. The lowest BCUT2D eigenvalue weighted by atomic mass is 10.0. The number of nitrogens with zero attached hydrogens (tertiary/aromatic N) is 3.